The van der Waals surface area contributed by atoms with E-state index in [4.69, 9.17) is 0 Å². The molecule has 6 heteroatoms. The molecule has 1 saturated heterocycles. The monoisotopic (exact) mass is 366 g/mol. The van der Waals surface area contributed by atoms with Gasteiger partial charge in [0.2, 0.25) is 5.91 Å². The molecular formula is C20H18N2O3S. The first-order valence-electron chi connectivity index (χ1n) is 8.20. The molecule has 1 aliphatic heterocycles. The number of imide groups is 1. The van der Waals surface area contributed by atoms with Crippen molar-refractivity contribution in [1.82, 2.24) is 4.90 Å². The fraction of sp³-hybridized carbons (Fsp3) is 0.150. The first-order valence-corrected chi connectivity index (χ1v) is 9.01. The number of rotatable bonds is 5. The molecule has 1 heterocycles. The summed E-state index contributed by atoms with van der Waals surface area (Å²) in [5, 5.41) is 2.43. The predicted octanol–water partition coefficient (Wildman–Crippen LogP) is 4.06. The van der Waals surface area contributed by atoms with Crippen LogP contribution < -0.4 is 5.32 Å². The molecule has 1 fully saturated rings. The highest BCUT2D eigenvalue weighted by Crippen LogP contribution is 2.32. The minimum atomic E-state index is -0.354. The van der Waals surface area contributed by atoms with Gasteiger partial charge in [-0.05, 0) is 48.0 Å². The summed E-state index contributed by atoms with van der Waals surface area (Å²) in [5.41, 5.74) is 2.60. The van der Waals surface area contributed by atoms with Crippen molar-refractivity contribution in [1.29, 1.82) is 0 Å². The van der Waals surface area contributed by atoms with Gasteiger partial charge < -0.3 is 5.32 Å². The number of nitrogens with one attached hydrogen (secondary N) is 1. The minimum absolute atomic E-state index is 0.0601. The zero-order valence-corrected chi connectivity index (χ0v) is 15.1. The van der Waals surface area contributed by atoms with Gasteiger partial charge in [-0.3, -0.25) is 19.3 Å². The number of hydrogen-bond donors (Lipinski definition) is 1. The van der Waals surface area contributed by atoms with Gasteiger partial charge in [-0.1, -0.05) is 42.5 Å². The molecule has 2 aromatic carbocycles. The SMILES string of the molecule is Cc1cccc(NC(=O)CCN2C(=O)SC(=Cc3ccccc3)C2=O)c1. The highest BCUT2D eigenvalue weighted by molar-refractivity contribution is 8.18. The molecule has 1 aliphatic rings. The second kappa shape index (κ2) is 8.01. The van der Waals surface area contributed by atoms with E-state index in [1.807, 2.05) is 55.5 Å². The van der Waals surface area contributed by atoms with Crippen molar-refractivity contribution in [2.45, 2.75) is 13.3 Å². The highest BCUT2D eigenvalue weighted by atomic mass is 32.2. The molecule has 26 heavy (non-hydrogen) atoms. The zero-order valence-electron chi connectivity index (χ0n) is 14.3. The van der Waals surface area contributed by atoms with E-state index in [1.54, 1.807) is 12.1 Å². The summed E-state index contributed by atoms with van der Waals surface area (Å²) < 4.78 is 0. The molecule has 0 spiro atoms. The lowest BCUT2D eigenvalue weighted by atomic mass is 10.2. The summed E-state index contributed by atoms with van der Waals surface area (Å²) in [4.78, 5) is 38.1. The number of hydrogen-bond acceptors (Lipinski definition) is 4. The van der Waals surface area contributed by atoms with E-state index in [2.05, 4.69) is 5.32 Å². The number of nitrogens with zero attached hydrogens (tertiary/aromatic N) is 1. The number of anilines is 1. The van der Waals surface area contributed by atoms with Crippen molar-refractivity contribution in [3.63, 3.8) is 0 Å². The number of carbonyl (C=O) groups excluding carboxylic acids is 3. The fourth-order valence-corrected chi connectivity index (χ4v) is 3.42. The van der Waals surface area contributed by atoms with Gasteiger partial charge in [0.25, 0.3) is 11.1 Å². The van der Waals surface area contributed by atoms with Crippen molar-refractivity contribution in [3.05, 3.63) is 70.6 Å². The molecule has 132 valence electrons. The van der Waals surface area contributed by atoms with Crippen molar-refractivity contribution < 1.29 is 14.4 Å². The number of carbonyl (C=O) groups is 3. The van der Waals surface area contributed by atoms with Crippen LogP contribution in [0.4, 0.5) is 10.5 Å². The Labute approximate surface area is 156 Å². The third-order valence-electron chi connectivity index (χ3n) is 3.84. The van der Waals surface area contributed by atoms with E-state index in [1.165, 1.54) is 0 Å². The Kier molecular flexibility index (Phi) is 5.53. The van der Waals surface area contributed by atoms with Crippen molar-refractivity contribution in [3.8, 4) is 0 Å². The fourth-order valence-electron chi connectivity index (χ4n) is 2.55. The van der Waals surface area contributed by atoms with Crippen LogP contribution in [0.25, 0.3) is 6.08 Å². The van der Waals surface area contributed by atoms with Gasteiger partial charge in [0.15, 0.2) is 0 Å². The second-order valence-electron chi connectivity index (χ2n) is 5.91. The molecule has 0 unspecified atom stereocenters. The first-order chi connectivity index (χ1) is 12.5. The maximum atomic E-state index is 12.4. The van der Waals surface area contributed by atoms with Gasteiger partial charge in [-0.15, -0.1) is 0 Å². The summed E-state index contributed by atoms with van der Waals surface area (Å²) in [6.07, 6.45) is 1.75. The quantitative estimate of drug-likeness (QED) is 0.811. The molecule has 0 bridgehead atoms. The molecule has 5 nitrogen and oxygen atoms in total. The normalized spacial score (nSPS) is 15.6. The Morgan fingerprint density at radius 3 is 2.62 bits per heavy atom. The Hall–Kier alpha value is -2.86. The highest BCUT2D eigenvalue weighted by Gasteiger charge is 2.34. The van der Waals surface area contributed by atoms with Crippen LogP contribution >= 0.6 is 11.8 Å². The third kappa shape index (κ3) is 4.40. The summed E-state index contributed by atoms with van der Waals surface area (Å²) in [6.45, 7) is 2.00. The molecular weight excluding hydrogens is 348 g/mol. The Morgan fingerprint density at radius 1 is 1.12 bits per heavy atom. The topological polar surface area (TPSA) is 66.5 Å². The van der Waals surface area contributed by atoms with Gasteiger partial charge in [0.05, 0.1) is 4.91 Å². The van der Waals surface area contributed by atoms with Crippen LogP contribution in [0.2, 0.25) is 0 Å². The number of benzene rings is 2. The van der Waals surface area contributed by atoms with E-state index in [-0.39, 0.29) is 30.0 Å². The van der Waals surface area contributed by atoms with Crippen LogP contribution in [0.3, 0.4) is 0 Å². The molecule has 2 aromatic rings. The summed E-state index contributed by atoms with van der Waals surface area (Å²) >= 11 is 0.901. The number of thioether (sulfide) groups is 1. The predicted molar refractivity (Wildman–Crippen MR) is 104 cm³/mol. The van der Waals surface area contributed by atoms with Crippen molar-refractivity contribution in [2.24, 2.45) is 0 Å². The van der Waals surface area contributed by atoms with Crippen molar-refractivity contribution in [2.75, 3.05) is 11.9 Å². The van der Waals surface area contributed by atoms with Gasteiger partial charge >= 0.3 is 0 Å². The maximum Gasteiger partial charge on any atom is 0.293 e. The molecule has 3 rings (SSSR count). The van der Waals surface area contributed by atoms with Crippen LogP contribution in [0.5, 0.6) is 0 Å². The molecule has 0 atom stereocenters. The first kappa shape index (κ1) is 17.9. The van der Waals surface area contributed by atoms with Crippen LogP contribution in [-0.4, -0.2) is 28.5 Å². The average Bonchev–Trinajstić information content (AvgIpc) is 2.87. The van der Waals surface area contributed by atoms with Crippen molar-refractivity contribution >= 4 is 40.6 Å². The molecule has 0 radical (unpaired) electrons. The molecule has 0 aromatic heterocycles. The Morgan fingerprint density at radius 2 is 1.88 bits per heavy atom. The third-order valence-corrected chi connectivity index (χ3v) is 4.74. The van der Waals surface area contributed by atoms with E-state index in [9.17, 15) is 14.4 Å². The standard InChI is InChI=1S/C20H18N2O3S/c1-14-6-5-9-16(12-14)21-18(23)10-11-22-19(24)17(26-20(22)25)13-15-7-3-2-4-8-15/h2-9,12-13H,10-11H2,1H3,(H,21,23). The van der Waals surface area contributed by atoms with E-state index in [0.29, 0.717) is 10.6 Å². The lowest BCUT2D eigenvalue weighted by Crippen LogP contribution is -2.31. The zero-order chi connectivity index (χ0) is 18.5. The molecule has 0 saturated carbocycles. The maximum absolute atomic E-state index is 12.4. The lowest BCUT2D eigenvalue weighted by molar-refractivity contribution is -0.123. The van der Waals surface area contributed by atoms with E-state index in [0.717, 1.165) is 27.8 Å². The Balaban J connectivity index is 1.59. The number of amides is 3. The molecule has 1 N–H and O–H groups in total. The van der Waals surface area contributed by atoms with Crippen LogP contribution in [0.15, 0.2) is 59.5 Å². The molecule has 3 amide bonds. The largest absolute Gasteiger partial charge is 0.326 e. The summed E-state index contributed by atoms with van der Waals surface area (Å²) in [5.74, 6) is -0.589. The minimum Gasteiger partial charge on any atom is -0.326 e. The van der Waals surface area contributed by atoms with Crippen LogP contribution in [0.1, 0.15) is 17.5 Å². The van der Waals surface area contributed by atoms with Crippen LogP contribution in [0, 0.1) is 6.92 Å². The lowest BCUT2D eigenvalue weighted by Gasteiger charge is -2.12. The smallest absolute Gasteiger partial charge is 0.293 e. The van der Waals surface area contributed by atoms with E-state index < -0.39 is 0 Å². The van der Waals surface area contributed by atoms with E-state index >= 15 is 0 Å². The Bertz CT molecular complexity index is 878. The average molecular weight is 366 g/mol. The number of aryl methyl sites for hydroxylation is 1. The summed E-state index contributed by atoms with van der Waals surface area (Å²) in [6, 6.07) is 16.8. The second-order valence-corrected chi connectivity index (χ2v) is 6.90. The van der Waals surface area contributed by atoms with Gasteiger partial charge in [0, 0.05) is 18.7 Å². The molecule has 0 aliphatic carbocycles. The van der Waals surface area contributed by atoms with Gasteiger partial charge in [0.1, 0.15) is 0 Å². The van der Waals surface area contributed by atoms with Crippen LogP contribution in [-0.2, 0) is 9.59 Å². The summed E-state index contributed by atoms with van der Waals surface area (Å²) in [7, 11) is 0. The van der Waals surface area contributed by atoms with Gasteiger partial charge in [-0.2, -0.15) is 0 Å². The van der Waals surface area contributed by atoms with Gasteiger partial charge in [-0.25, -0.2) is 0 Å².